The largest absolute Gasteiger partial charge is 0.126 e. The molecule has 3 N–H and O–H groups in total. The Labute approximate surface area is 164 Å². The SMILES string of the molecule is C[Si]C.NC(=O)[CH-]O.[Cl][Zr+2][Cl].c1ccc2c(c1)[cH-]c1ccccc12. The molecule has 0 saturated heterocycles. The van der Waals surface area contributed by atoms with Crippen molar-refractivity contribution in [2.24, 2.45) is 5.73 Å². The maximum atomic E-state index is 9.28. The van der Waals surface area contributed by atoms with Crippen LogP contribution in [-0.2, 0) is 25.6 Å². The smallest absolute Gasteiger partial charge is 0.0771 e. The van der Waals surface area contributed by atoms with Gasteiger partial charge in [-0.2, -0.15) is 6.61 Å². The van der Waals surface area contributed by atoms with Crippen LogP contribution in [0.3, 0.4) is 0 Å². The third-order valence-electron chi connectivity index (χ3n) is 2.65. The van der Waals surface area contributed by atoms with Crippen molar-refractivity contribution in [1.29, 1.82) is 0 Å². The van der Waals surface area contributed by atoms with Gasteiger partial charge in [0.2, 0.25) is 0 Å². The summed E-state index contributed by atoms with van der Waals surface area (Å²) in [4.78, 5) is 9.28. The van der Waals surface area contributed by atoms with Crippen LogP contribution in [0.5, 0.6) is 0 Å². The van der Waals surface area contributed by atoms with E-state index in [1.54, 1.807) is 0 Å². The molecule has 3 rings (SSSR count). The van der Waals surface area contributed by atoms with Gasteiger partial charge in [0, 0.05) is 9.52 Å². The summed E-state index contributed by atoms with van der Waals surface area (Å²) in [5.74, 6) is -0.815. The first kappa shape index (κ1) is 23.3. The second kappa shape index (κ2) is 14.6. The second-order valence-corrected chi connectivity index (χ2v) is 9.15. The number of benzene rings is 2. The minimum absolute atomic E-state index is 0.306. The van der Waals surface area contributed by atoms with Crippen LogP contribution in [0.2, 0.25) is 13.1 Å². The van der Waals surface area contributed by atoms with Crippen LogP contribution in [0.25, 0.3) is 21.5 Å². The minimum atomic E-state index is -0.826. The van der Waals surface area contributed by atoms with E-state index >= 15 is 0 Å². The molecule has 3 aromatic rings. The fraction of sp³-hybridized carbons (Fsp3) is 0.118. The van der Waals surface area contributed by atoms with E-state index in [2.05, 4.69) is 73.4 Å². The Kier molecular flexibility index (Phi) is 14.2. The molecule has 0 heterocycles. The standard InChI is InChI=1S/C13H9.C2H4NO2.C2H6Si.2ClH.Zr/c1-3-7-12-10(5-1)9-11-6-2-4-8-13(11)12;3-2(5)1-4;1-3-2;;;/h1-9H;1,4H,(H2,3,5);1-2H3;2*1H;/q2*-1;;;;+4/p-2. The predicted octanol–water partition coefficient (Wildman–Crippen LogP) is 4.88. The summed E-state index contributed by atoms with van der Waals surface area (Å²) in [5.41, 5.74) is 4.35. The molecule has 0 aliphatic rings. The Morgan fingerprint density at radius 2 is 1.38 bits per heavy atom. The van der Waals surface area contributed by atoms with Gasteiger partial charge in [0.25, 0.3) is 0 Å². The average Bonchev–Trinajstić information content (AvgIpc) is 2.95. The van der Waals surface area contributed by atoms with Crippen molar-refractivity contribution in [3.05, 3.63) is 61.2 Å². The Hall–Kier alpha value is -0.710. The van der Waals surface area contributed by atoms with Crippen LogP contribution >= 0.6 is 17.0 Å². The van der Waals surface area contributed by atoms with Gasteiger partial charge in [-0.3, -0.25) is 0 Å². The number of carbonyl (C=O) groups is 1. The number of primary amides is 1. The first-order valence-electron chi connectivity index (χ1n) is 6.90. The molecule has 0 spiro atoms. The van der Waals surface area contributed by atoms with Crippen LogP contribution in [0.15, 0.2) is 54.6 Å². The molecule has 24 heavy (non-hydrogen) atoms. The Morgan fingerprint density at radius 3 is 1.67 bits per heavy atom. The van der Waals surface area contributed by atoms with E-state index < -0.39 is 26.8 Å². The number of aliphatic hydroxyl groups excluding tert-OH is 1. The van der Waals surface area contributed by atoms with E-state index in [0.717, 1.165) is 9.52 Å². The fourth-order valence-corrected chi connectivity index (χ4v) is 1.90. The van der Waals surface area contributed by atoms with Crippen LogP contribution in [0, 0.1) is 6.61 Å². The molecular formula is C17H19Cl2NO2SiZr. The molecule has 3 nitrogen and oxygen atoms in total. The van der Waals surface area contributed by atoms with Crippen LogP contribution in [0.1, 0.15) is 0 Å². The molecule has 0 atom stereocenters. The summed E-state index contributed by atoms with van der Waals surface area (Å²) in [5, 5.41) is 12.9. The molecule has 3 aromatic carbocycles. The average molecular weight is 460 g/mol. The number of halogens is 2. The Morgan fingerprint density at radius 1 is 1.08 bits per heavy atom. The van der Waals surface area contributed by atoms with Gasteiger partial charge in [-0.15, -0.1) is 39.7 Å². The monoisotopic (exact) mass is 457 g/mol. The fourth-order valence-electron chi connectivity index (χ4n) is 1.90. The van der Waals surface area contributed by atoms with Gasteiger partial charge in [0.05, 0.1) is 0 Å². The van der Waals surface area contributed by atoms with Gasteiger partial charge in [-0.1, -0.05) is 49.5 Å². The quantitative estimate of drug-likeness (QED) is 0.402. The molecule has 2 radical (unpaired) electrons. The van der Waals surface area contributed by atoms with Gasteiger partial charge in [0.15, 0.2) is 0 Å². The Bertz CT molecular complexity index is 669. The number of hydrogen-bond acceptors (Lipinski definition) is 2. The topological polar surface area (TPSA) is 63.3 Å². The van der Waals surface area contributed by atoms with Crippen molar-refractivity contribution in [3.63, 3.8) is 0 Å². The third-order valence-corrected chi connectivity index (χ3v) is 2.65. The summed E-state index contributed by atoms with van der Waals surface area (Å²) in [7, 11) is 11.0. The maximum Gasteiger partial charge on any atom is -0.0771 e. The molecule has 0 unspecified atom stereocenters. The molecule has 126 valence electrons. The normalized spacial score (nSPS) is 8.54. The molecule has 0 aromatic heterocycles. The van der Waals surface area contributed by atoms with Crippen LogP contribution in [-0.4, -0.2) is 20.5 Å². The summed E-state index contributed by atoms with van der Waals surface area (Å²) in [6.07, 6.45) is 0. The summed E-state index contributed by atoms with van der Waals surface area (Å²) >= 11 is -0.826. The van der Waals surface area contributed by atoms with E-state index in [0.29, 0.717) is 6.61 Å². The molecule has 0 aliphatic heterocycles. The first-order valence-corrected chi connectivity index (χ1v) is 15.2. The second-order valence-electron chi connectivity index (χ2n) is 4.42. The number of aliphatic hydroxyl groups is 1. The van der Waals surface area contributed by atoms with E-state index in [4.69, 9.17) is 22.1 Å². The van der Waals surface area contributed by atoms with E-state index in [1.807, 2.05) is 0 Å². The molecule has 1 amide bonds. The van der Waals surface area contributed by atoms with Crippen LogP contribution in [0.4, 0.5) is 0 Å². The zero-order valence-corrected chi connectivity index (χ0v) is 18.4. The first-order chi connectivity index (χ1) is 11.5. The van der Waals surface area contributed by atoms with Gasteiger partial charge >= 0.3 is 37.9 Å². The zero-order valence-electron chi connectivity index (χ0n) is 13.5. The summed E-state index contributed by atoms with van der Waals surface area (Å²) in [6, 6.07) is 19.3. The van der Waals surface area contributed by atoms with Crippen molar-refractivity contribution >= 4 is 54.0 Å². The van der Waals surface area contributed by atoms with Gasteiger partial charge < -0.3 is 15.6 Å². The van der Waals surface area contributed by atoms with E-state index in [1.165, 1.54) is 21.5 Å². The Balaban J connectivity index is 0.000000406. The maximum absolute atomic E-state index is 9.28. The third kappa shape index (κ3) is 8.95. The van der Waals surface area contributed by atoms with E-state index in [9.17, 15) is 4.79 Å². The number of hydrogen-bond donors (Lipinski definition) is 2. The van der Waals surface area contributed by atoms with Crippen molar-refractivity contribution in [2.45, 2.75) is 13.1 Å². The molecule has 7 heteroatoms. The van der Waals surface area contributed by atoms with E-state index in [-0.39, 0.29) is 0 Å². The number of rotatable bonds is 1. The van der Waals surface area contributed by atoms with Gasteiger partial charge in [-0.05, 0) is 0 Å². The molecule has 0 bridgehead atoms. The number of carbonyl (C=O) groups excluding carboxylic acids is 1. The molecular weight excluding hydrogens is 440 g/mol. The van der Waals surface area contributed by atoms with Crippen molar-refractivity contribution in [3.8, 4) is 0 Å². The van der Waals surface area contributed by atoms with Crippen molar-refractivity contribution in [2.75, 3.05) is 0 Å². The van der Waals surface area contributed by atoms with Crippen molar-refractivity contribution < 1.29 is 30.7 Å². The number of amides is 1. The molecule has 0 fully saturated rings. The zero-order chi connectivity index (χ0) is 18.4. The van der Waals surface area contributed by atoms with Gasteiger partial charge in [-0.25, -0.2) is 0 Å². The van der Waals surface area contributed by atoms with Gasteiger partial charge in [0.1, 0.15) is 5.91 Å². The summed E-state index contributed by atoms with van der Waals surface area (Å²) in [6.45, 7) is 4.61. The minimum Gasteiger partial charge on any atom is -0.126 e. The molecule has 0 aliphatic carbocycles. The van der Waals surface area contributed by atoms with Crippen molar-refractivity contribution in [1.82, 2.24) is 0 Å². The van der Waals surface area contributed by atoms with Crippen LogP contribution < -0.4 is 5.73 Å². The number of nitrogens with two attached hydrogens (primary N) is 1. The molecule has 0 saturated carbocycles. The number of fused-ring (bicyclic) bond motifs is 3. The summed E-state index contributed by atoms with van der Waals surface area (Å²) < 4.78 is 0. The predicted molar refractivity (Wildman–Crippen MR) is 102 cm³/mol.